The van der Waals surface area contributed by atoms with Crippen LogP contribution in [0.25, 0.3) is 10.9 Å². The number of H-pyrrole nitrogens is 1. The molecule has 0 radical (unpaired) electrons. The van der Waals surface area contributed by atoms with Crippen molar-refractivity contribution in [2.24, 2.45) is 4.99 Å². The van der Waals surface area contributed by atoms with Crippen molar-refractivity contribution in [3.63, 3.8) is 0 Å². The van der Waals surface area contributed by atoms with Gasteiger partial charge in [-0.05, 0) is 31.0 Å². The summed E-state index contributed by atoms with van der Waals surface area (Å²) in [5.74, 6) is 0.955. The number of aliphatic imine (C=N–C) groups is 1. The molecule has 0 aliphatic heterocycles. The summed E-state index contributed by atoms with van der Waals surface area (Å²) in [5.41, 5.74) is 1.65. The molecule has 1 saturated carbocycles. The summed E-state index contributed by atoms with van der Waals surface area (Å²) in [4.78, 5) is 7.62. The monoisotopic (exact) mass is 272 g/mol. The maximum Gasteiger partial charge on any atom is 0.198 e. The van der Waals surface area contributed by atoms with E-state index in [1.165, 1.54) is 19.3 Å². The normalized spacial score (nSPS) is 17.1. The van der Waals surface area contributed by atoms with E-state index < -0.39 is 0 Å². The molecule has 0 saturated heterocycles. The minimum atomic E-state index is 0.174. The number of hydrogen-bond donors (Lipinski definition) is 2. The van der Waals surface area contributed by atoms with Gasteiger partial charge in [-0.25, -0.2) is 0 Å². The molecular weight excluding hydrogens is 252 g/mol. The van der Waals surface area contributed by atoms with Crippen LogP contribution < -0.4 is 4.74 Å². The maximum atomic E-state index is 10.0. The van der Waals surface area contributed by atoms with E-state index in [9.17, 15) is 5.11 Å². The van der Waals surface area contributed by atoms with Crippen LogP contribution in [-0.4, -0.2) is 29.5 Å². The predicted octanol–water partition coefficient (Wildman–Crippen LogP) is 3.63. The van der Waals surface area contributed by atoms with E-state index in [4.69, 9.17) is 4.74 Å². The van der Waals surface area contributed by atoms with Gasteiger partial charge in [0.2, 0.25) is 0 Å². The van der Waals surface area contributed by atoms with E-state index in [1.807, 2.05) is 24.4 Å². The van der Waals surface area contributed by atoms with Crippen LogP contribution in [0.2, 0.25) is 0 Å². The number of aromatic hydroxyl groups is 1. The van der Waals surface area contributed by atoms with E-state index in [0.717, 1.165) is 35.1 Å². The molecule has 1 fully saturated rings. The zero-order chi connectivity index (χ0) is 13.9. The largest absolute Gasteiger partial charge is 0.497 e. The highest BCUT2D eigenvalue weighted by Gasteiger charge is 2.13. The summed E-state index contributed by atoms with van der Waals surface area (Å²) in [6.45, 7) is 0. The first-order valence-electron chi connectivity index (χ1n) is 7.20. The fraction of sp³-hybridized carbons (Fsp3) is 0.438. The second kappa shape index (κ2) is 5.57. The molecule has 2 N–H and O–H groups in total. The van der Waals surface area contributed by atoms with Crippen LogP contribution in [0.15, 0.2) is 23.2 Å². The number of ether oxygens (including phenoxy) is 1. The Hall–Kier alpha value is -1.97. The molecule has 0 atom stereocenters. The van der Waals surface area contributed by atoms with Gasteiger partial charge < -0.3 is 14.8 Å². The average Bonchev–Trinajstić information content (AvgIpc) is 2.80. The third-order valence-electron chi connectivity index (χ3n) is 4.01. The van der Waals surface area contributed by atoms with E-state index in [-0.39, 0.29) is 5.88 Å². The van der Waals surface area contributed by atoms with E-state index in [2.05, 4.69) is 9.98 Å². The van der Waals surface area contributed by atoms with Crippen LogP contribution in [0.5, 0.6) is 11.6 Å². The van der Waals surface area contributed by atoms with Crippen molar-refractivity contribution in [1.29, 1.82) is 0 Å². The Bertz CT molecular complexity index is 625. The third kappa shape index (κ3) is 2.50. The molecule has 4 heteroatoms. The molecule has 1 heterocycles. The number of hydrogen-bond acceptors (Lipinski definition) is 3. The van der Waals surface area contributed by atoms with Gasteiger partial charge in [-0.2, -0.15) is 0 Å². The molecule has 0 unspecified atom stereocenters. The molecule has 4 nitrogen and oxygen atoms in total. The molecule has 1 aromatic heterocycles. The first kappa shape index (κ1) is 13.0. The van der Waals surface area contributed by atoms with Crippen molar-refractivity contribution in [2.75, 3.05) is 7.11 Å². The van der Waals surface area contributed by atoms with Gasteiger partial charge in [-0.15, -0.1) is 0 Å². The molecule has 1 aliphatic rings. The molecule has 1 aromatic carbocycles. The molecule has 0 bridgehead atoms. The number of benzene rings is 1. The lowest BCUT2D eigenvalue weighted by Gasteiger charge is -2.16. The van der Waals surface area contributed by atoms with Crippen molar-refractivity contribution in [3.8, 4) is 11.6 Å². The zero-order valence-electron chi connectivity index (χ0n) is 11.7. The highest BCUT2D eigenvalue weighted by molar-refractivity contribution is 6.02. The molecule has 20 heavy (non-hydrogen) atoms. The van der Waals surface area contributed by atoms with Crippen molar-refractivity contribution < 1.29 is 9.84 Å². The SMILES string of the molecule is COc1ccc2[nH]c(O)c(C=NC3CCCCC3)c2c1. The fourth-order valence-corrected chi connectivity index (χ4v) is 2.85. The maximum absolute atomic E-state index is 10.0. The second-order valence-corrected chi connectivity index (χ2v) is 5.37. The summed E-state index contributed by atoms with van der Waals surface area (Å²) in [7, 11) is 1.64. The summed E-state index contributed by atoms with van der Waals surface area (Å²) in [6.07, 6.45) is 7.96. The number of nitrogens with zero attached hydrogens (tertiary/aromatic N) is 1. The molecule has 0 amide bonds. The van der Waals surface area contributed by atoms with Gasteiger partial charge >= 0.3 is 0 Å². The van der Waals surface area contributed by atoms with Crippen LogP contribution >= 0.6 is 0 Å². The number of aromatic nitrogens is 1. The van der Waals surface area contributed by atoms with E-state index >= 15 is 0 Å². The summed E-state index contributed by atoms with van der Waals surface area (Å²) < 4.78 is 5.24. The van der Waals surface area contributed by atoms with Gasteiger partial charge in [0.15, 0.2) is 5.88 Å². The lowest BCUT2D eigenvalue weighted by molar-refractivity contribution is 0.415. The number of methoxy groups -OCH3 is 1. The van der Waals surface area contributed by atoms with Gasteiger partial charge in [0.1, 0.15) is 5.75 Å². The Morgan fingerprint density at radius 1 is 1.30 bits per heavy atom. The van der Waals surface area contributed by atoms with Gasteiger partial charge in [0, 0.05) is 23.2 Å². The third-order valence-corrected chi connectivity index (χ3v) is 4.01. The Labute approximate surface area is 118 Å². The van der Waals surface area contributed by atoms with Crippen molar-refractivity contribution in [3.05, 3.63) is 23.8 Å². The predicted molar refractivity (Wildman–Crippen MR) is 81.0 cm³/mol. The number of nitrogens with one attached hydrogen (secondary N) is 1. The lowest BCUT2D eigenvalue weighted by Crippen LogP contribution is -2.09. The Morgan fingerprint density at radius 3 is 2.85 bits per heavy atom. The van der Waals surface area contributed by atoms with Gasteiger partial charge in [-0.1, -0.05) is 19.3 Å². The van der Waals surface area contributed by atoms with Crippen LogP contribution in [0.3, 0.4) is 0 Å². The summed E-state index contributed by atoms with van der Waals surface area (Å²) in [5, 5.41) is 11.0. The van der Waals surface area contributed by atoms with Crippen molar-refractivity contribution >= 4 is 17.1 Å². The van der Waals surface area contributed by atoms with Crippen molar-refractivity contribution in [1.82, 2.24) is 4.98 Å². The van der Waals surface area contributed by atoms with Gasteiger partial charge in [0.25, 0.3) is 0 Å². The second-order valence-electron chi connectivity index (χ2n) is 5.37. The summed E-state index contributed by atoms with van der Waals surface area (Å²) >= 11 is 0. The lowest BCUT2D eigenvalue weighted by atomic mass is 9.96. The summed E-state index contributed by atoms with van der Waals surface area (Å²) in [6, 6.07) is 6.11. The Balaban J connectivity index is 1.93. The number of rotatable bonds is 3. The standard InChI is InChI=1S/C16H20N2O2/c1-20-12-7-8-15-13(9-12)14(16(19)18-15)10-17-11-5-3-2-4-6-11/h7-11,18-19H,2-6H2,1H3. The van der Waals surface area contributed by atoms with Gasteiger partial charge in [-0.3, -0.25) is 4.99 Å². The Kier molecular flexibility index (Phi) is 3.63. The molecule has 106 valence electrons. The first-order valence-corrected chi connectivity index (χ1v) is 7.20. The number of fused-ring (bicyclic) bond motifs is 1. The minimum Gasteiger partial charge on any atom is -0.497 e. The minimum absolute atomic E-state index is 0.174. The smallest absolute Gasteiger partial charge is 0.198 e. The van der Waals surface area contributed by atoms with Crippen LogP contribution in [0, 0.1) is 0 Å². The zero-order valence-corrected chi connectivity index (χ0v) is 11.7. The highest BCUT2D eigenvalue weighted by Crippen LogP contribution is 2.29. The molecular formula is C16H20N2O2. The van der Waals surface area contributed by atoms with Crippen LogP contribution in [-0.2, 0) is 0 Å². The van der Waals surface area contributed by atoms with E-state index in [1.54, 1.807) is 7.11 Å². The van der Waals surface area contributed by atoms with Crippen molar-refractivity contribution in [2.45, 2.75) is 38.1 Å². The van der Waals surface area contributed by atoms with E-state index in [0.29, 0.717) is 6.04 Å². The molecule has 3 rings (SSSR count). The fourth-order valence-electron chi connectivity index (χ4n) is 2.85. The van der Waals surface area contributed by atoms with Crippen LogP contribution in [0.4, 0.5) is 0 Å². The topological polar surface area (TPSA) is 57.6 Å². The average molecular weight is 272 g/mol. The highest BCUT2D eigenvalue weighted by atomic mass is 16.5. The molecule has 2 aromatic rings. The first-order chi connectivity index (χ1) is 9.78. The number of aromatic amines is 1. The Morgan fingerprint density at radius 2 is 2.10 bits per heavy atom. The van der Waals surface area contributed by atoms with Crippen LogP contribution in [0.1, 0.15) is 37.7 Å². The quantitative estimate of drug-likeness (QED) is 0.838. The van der Waals surface area contributed by atoms with Gasteiger partial charge in [0.05, 0.1) is 12.7 Å². The molecule has 0 spiro atoms. The molecule has 1 aliphatic carbocycles.